The molecule has 0 radical (unpaired) electrons. The molecule has 0 bridgehead atoms. The zero-order valence-electron chi connectivity index (χ0n) is 9.08. The van der Waals surface area contributed by atoms with Gasteiger partial charge < -0.3 is 10.5 Å². The first-order valence-electron chi connectivity index (χ1n) is 4.91. The Balaban J connectivity index is 2.25. The first-order chi connectivity index (χ1) is 8.06. The summed E-state index contributed by atoms with van der Waals surface area (Å²) in [6, 6.07) is 6.13. The van der Waals surface area contributed by atoms with Gasteiger partial charge in [0.25, 0.3) is 0 Å². The summed E-state index contributed by atoms with van der Waals surface area (Å²) < 4.78 is 18.9. The van der Waals surface area contributed by atoms with E-state index >= 15 is 0 Å². The van der Waals surface area contributed by atoms with Gasteiger partial charge in [-0.05, 0) is 46.6 Å². The second-order valence-corrected chi connectivity index (χ2v) is 4.41. The van der Waals surface area contributed by atoms with Crippen LogP contribution in [-0.2, 0) is 0 Å². The van der Waals surface area contributed by atoms with E-state index in [1.54, 1.807) is 12.1 Å². The van der Waals surface area contributed by atoms with Gasteiger partial charge in [-0.15, -0.1) is 0 Å². The summed E-state index contributed by atoms with van der Waals surface area (Å²) in [6.45, 7) is 1.87. The van der Waals surface area contributed by atoms with Crippen molar-refractivity contribution in [1.29, 1.82) is 0 Å². The van der Waals surface area contributed by atoms with Crippen LogP contribution in [-0.4, -0.2) is 4.98 Å². The predicted molar refractivity (Wildman–Crippen MR) is 67.6 cm³/mol. The maximum absolute atomic E-state index is 13.0. The second-order valence-electron chi connectivity index (χ2n) is 3.56. The van der Waals surface area contributed by atoms with Gasteiger partial charge in [0.2, 0.25) is 5.88 Å². The van der Waals surface area contributed by atoms with E-state index in [2.05, 4.69) is 20.9 Å². The number of ether oxygens (including phenoxy) is 1. The topological polar surface area (TPSA) is 48.1 Å². The molecule has 0 spiro atoms. The zero-order chi connectivity index (χ0) is 12.4. The van der Waals surface area contributed by atoms with E-state index in [9.17, 15) is 4.39 Å². The van der Waals surface area contributed by atoms with Crippen molar-refractivity contribution in [2.24, 2.45) is 0 Å². The minimum absolute atomic E-state index is 0.334. The summed E-state index contributed by atoms with van der Waals surface area (Å²) in [7, 11) is 0. The second kappa shape index (κ2) is 4.71. The van der Waals surface area contributed by atoms with Crippen LogP contribution in [0.25, 0.3) is 0 Å². The average molecular weight is 297 g/mol. The molecule has 88 valence electrons. The molecule has 17 heavy (non-hydrogen) atoms. The van der Waals surface area contributed by atoms with Crippen LogP contribution in [0.5, 0.6) is 11.6 Å². The lowest BCUT2D eigenvalue weighted by Crippen LogP contribution is -1.94. The van der Waals surface area contributed by atoms with Crippen LogP contribution >= 0.6 is 15.9 Å². The molecule has 2 rings (SSSR count). The number of aromatic nitrogens is 1. The highest BCUT2D eigenvalue weighted by Crippen LogP contribution is 2.26. The number of aryl methyl sites for hydroxylation is 1. The molecule has 0 atom stereocenters. The van der Waals surface area contributed by atoms with Crippen LogP contribution in [0.3, 0.4) is 0 Å². The molecule has 0 aliphatic carbocycles. The summed E-state index contributed by atoms with van der Waals surface area (Å²) in [6.07, 6.45) is 1.53. The lowest BCUT2D eigenvalue weighted by molar-refractivity contribution is 0.460. The highest BCUT2D eigenvalue weighted by molar-refractivity contribution is 9.10. The first kappa shape index (κ1) is 11.9. The predicted octanol–water partition coefficient (Wildman–Crippen LogP) is 3.67. The third-order valence-corrected chi connectivity index (χ3v) is 2.85. The number of halogens is 2. The summed E-state index contributed by atoms with van der Waals surface area (Å²) in [5.74, 6) is 0.601. The third kappa shape index (κ3) is 2.74. The number of nitrogens with zero attached hydrogens (tertiary/aromatic N) is 1. The van der Waals surface area contributed by atoms with E-state index in [4.69, 9.17) is 10.5 Å². The molecule has 0 aliphatic heterocycles. The molecular weight excluding hydrogens is 287 g/mol. The largest absolute Gasteiger partial charge is 0.439 e. The molecule has 1 aromatic heterocycles. The fraction of sp³-hybridized carbons (Fsp3) is 0.0833. The van der Waals surface area contributed by atoms with Crippen molar-refractivity contribution >= 4 is 21.6 Å². The Morgan fingerprint density at radius 3 is 2.76 bits per heavy atom. The summed E-state index contributed by atoms with van der Waals surface area (Å²) in [5, 5.41) is 0. The molecule has 0 amide bonds. The van der Waals surface area contributed by atoms with Crippen LogP contribution in [0.15, 0.2) is 34.9 Å². The van der Waals surface area contributed by atoms with Crippen LogP contribution in [0.4, 0.5) is 10.1 Å². The molecule has 5 heteroatoms. The van der Waals surface area contributed by atoms with E-state index in [1.165, 1.54) is 18.3 Å². The Kier molecular flexibility index (Phi) is 3.28. The minimum atomic E-state index is -0.334. The Morgan fingerprint density at radius 1 is 1.35 bits per heavy atom. The van der Waals surface area contributed by atoms with Crippen LogP contribution in [0.1, 0.15) is 5.56 Å². The summed E-state index contributed by atoms with van der Waals surface area (Å²) >= 11 is 3.09. The van der Waals surface area contributed by atoms with Crippen molar-refractivity contribution < 1.29 is 9.13 Å². The Bertz CT molecular complexity index is 511. The highest BCUT2D eigenvalue weighted by atomic mass is 79.9. The normalized spacial score (nSPS) is 10.3. The number of rotatable bonds is 2. The van der Waals surface area contributed by atoms with Crippen molar-refractivity contribution in [2.45, 2.75) is 6.92 Å². The molecule has 0 saturated heterocycles. The Morgan fingerprint density at radius 2 is 2.12 bits per heavy atom. The maximum atomic E-state index is 13.0. The minimum Gasteiger partial charge on any atom is -0.439 e. The highest BCUT2D eigenvalue weighted by Gasteiger charge is 2.04. The lowest BCUT2D eigenvalue weighted by Gasteiger charge is -2.07. The Labute approximate surface area is 107 Å². The van der Waals surface area contributed by atoms with Crippen LogP contribution in [0, 0.1) is 12.7 Å². The Hall–Kier alpha value is -1.62. The number of nitrogen functional groups attached to an aromatic ring is 1. The van der Waals surface area contributed by atoms with Crippen molar-refractivity contribution in [1.82, 2.24) is 4.98 Å². The quantitative estimate of drug-likeness (QED) is 0.920. The number of nitrogens with two attached hydrogens (primary N) is 1. The fourth-order valence-corrected chi connectivity index (χ4v) is 1.62. The number of anilines is 1. The number of pyridine rings is 1. The van der Waals surface area contributed by atoms with Crippen molar-refractivity contribution in [3.63, 3.8) is 0 Å². The molecule has 0 fully saturated rings. The van der Waals surface area contributed by atoms with E-state index in [1.807, 2.05) is 6.92 Å². The maximum Gasteiger partial charge on any atom is 0.219 e. The lowest BCUT2D eigenvalue weighted by atomic mass is 10.2. The number of hydrogen-bond acceptors (Lipinski definition) is 3. The smallest absolute Gasteiger partial charge is 0.219 e. The van der Waals surface area contributed by atoms with Gasteiger partial charge in [-0.1, -0.05) is 0 Å². The third-order valence-electron chi connectivity index (χ3n) is 2.24. The van der Waals surface area contributed by atoms with Gasteiger partial charge in [-0.2, -0.15) is 0 Å². The number of hydrogen-bond donors (Lipinski definition) is 1. The van der Waals surface area contributed by atoms with Crippen LogP contribution in [0.2, 0.25) is 0 Å². The summed E-state index contributed by atoms with van der Waals surface area (Å²) in [4.78, 5) is 4.03. The molecular formula is C12H10BrFN2O. The zero-order valence-corrected chi connectivity index (χ0v) is 10.7. The summed E-state index contributed by atoms with van der Waals surface area (Å²) in [5.41, 5.74) is 7.15. The molecule has 2 aromatic rings. The van der Waals surface area contributed by atoms with Crippen molar-refractivity contribution in [3.8, 4) is 11.6 Å². The monoisotopic (exact) mass is 296 g/mol. The van der Waals surface area contributed by atoms with Gasteiger partial charge in [0.1, 0.15) is 11.6 Å². The van der Waals surface area contributed by atoms with Gasteiger partial charge >= 0.3 is 0 Å². The SMILES string of the molecule is Cc1cc(Oc2ccc(F)c(Br)c2)ncc1N. The van der Waals surface area contributed by atoms with Gasteiger partial charge in [0.05, 0.1) is 16.4 Å². The molecule has 0 saturated carbocycles. The van der Waals surface area contributed by atoms with E-state index in [0.29, 0.717) is 21.8 Å². The van der Waals surface area contributed by atoms with Gasteiger partial charge in [-0.25, -0.2) is 9.37 Å². The number of benzene rings is 1. The molecule has 0 unspecified atom stereocenters. The molecule has 2 N–H and O–H groups in total. The van der Waals surface area contributed by atoms with Gasteiger partial charge in [-0.3, -0.25) is 0 Å². The van der Waals surface area contributed by atoms with E-state index in [0.717, 1.165) is 5.56 Å². The average Bonchev–Trinajstić information content (AvgIpc) is 2.29. The van der Waals surface area contributed by atoms with Crippen molar-refractivity contribution in [3.05, 3.63) is 46.3 Å². The van der Waals surface area contributed by atoms with Crippen LogP contribution < -0.4 is 10.5 Å². The standard InChI is InChI=1S/C12H10BrFN2O/c1-7-4-12(16-6-11(7)15)17-8-2-3-10(14)9(13)5-8/h2-6H,15H2,1H3. The molecule has 1 aromatic carbocycles. The fourth-order valence-electron chi connectivity index (χ4n) is 1.26. The molecule has 0 aliphatic rings. The van der Waals surface area contributed by atoms with E-state index < -0.39 is 0 Å². The first-order valence-corrected chi connectivity index (χ1v) is 5.70. The molecule has 3 nitrogen and oxygen atoms in total. The van der Waals surface area contributed by atoms with Gasteiger partial charge in [0.15, 0.2) is 0 Å². The van der Waals surface area contributed by atoms with Gasteiger partial charge in [0, 0.05) is 6.07 Å². The molecule has 1 heterocycles. The van der Waals surface area contributed by atoms with Crippen molar-refractivity contribution in [2.75, 3.05) is 5.73 Å². The van der Waals surface area contributed by atoms with E-state index in [-0.39, 0.29) is 5.82 Å².